The average Bonchev–Trinajstić information content (AvgIpc) is 2.68. The summed E-state index contributed by atoms with van der Waals surface area (Å²) in [7, 11) is 0. The molecule has 1 N–H and O–H groups in total. The molecular weight excluding hydrogens is 370 g/mol. The second kappa shape index (κ2) is 7.43. The highest BCUT2D eigenvalue weighted by Gasteiger charge is 2.27. The number of anilines is 3. The molecule has 0 aliphatic carbocycles. The first-order valence-corrected chi connectivity index (χ1v) is 9.77. The predicted octanol–water partition coefficient (Wildman–Crippen LogP) is 5.55. The molecule has 0 amide bonds. The maximum atomic E-state index is 13.8. The van der Waals surface area contributed by atoms with Crippen LogP contribution in [-0.4, -0.2) is 16.5 Å². The maximum Gasteiger partial charge on any atom is 0.229 e. The fourth-order valence-electron chi connectivity index (χ4n) is 3.91. The molecule has 1 aliphatic heterocycles. The number of hydrogen-bond donors (Lipinski definition) is 1. The van der Waals surface area contributed by atoms with Crippen molar-refractivity contribution in [2.24, 2.45) is 0 Å². The molecule has 3 aromatic rings. The van der Waals surface area contributed by atoms with E-state index in [1.807, 2.05) is 26.8 Å². The molecule has 4 nitrogen and oxygen atoms in total. The van der Waals surface area contributed by atoms with Crippen molar-refractivity contribution >= 4 is 17.5 Å². The fourth-order valence-corrected chi connectivity index (χ4v) is 3.91. The third kappa shape index (κ3) is 3.67. The monoisotopic (exact) mass is 394 g/mol. The number of aryl methyl sites for hydroxylation is 2. The molecule has 2 heterocycles. The molecule has 0 saturated heterocycles. The molecule has 6 heteroatoms. The number of rotatable bonds is 3. The average molecular weight is 394 g/mol. The van der Waals surface area contributed by atoms with Crippen LogP contribution < -0.4 is 10.2 Å². The molecule has 0 bridgehead atoms. The molecule has 29 heavy (non-hydrogen) atoms. The number of hydrogen-bond acceptors (Lipinski definition) is 4. The van der Waals surface area contributed by atoms with Crippen molar-refractivity contribution in [3.8, 4) is 0 Å². The van der Waals surface area contributed by atoms with Crippen molar-refractivity contribution in [3.63, 3.8) is 0 Å². The third-order valence-electron chi connectivity index (χ3n) is 5.72. The molecule has 2 aromatic carbocycles. The maximum absolute atomic E-state index is 13.8. The van der Waals surface area contributed by atoms with Gasteiger partial charge in [-0.1, -0.05) is 6.07 Å². The van der Waals surface area contributed by atoms with Crippen molar-refractivity contribution in [1.82, 2.24) is 9.97 Å². The van der Waals surface area contributed by atoms with Gasteiger partial charge >= 0.3 is 0 Å². The summed E-state index contributed by atoms with van der Waals surface area (Å²) in [4.78, 5) is 11.5. The van der Waals surface area contributed by atoms with Gasteiger partial charge in [0, 0.05) is 23.5 Å². The summed E-state index contributed by atoms with van der Waals surface area (Å²) in [5, 5.41) is 3.21. The van der Waals surface area contributed by atoms with Gasteiger partial charge < -0.3 is 10.2 Å². The van der Waals surface area contributed by atoms with Crippen LogP contribution in [0.5, 0.6) is 0 Å². The number of nitrogens with zero attached hydrogens (tertiary/aromatic N) is 3. The number of aromatic nitrogens is 2. The summed E-state index contributed by atoms with van der Waals surface area (Å²) in [5.74, 6) is 0.808. The van der Waals surface area contributed by atoms with E-state index in [4.69, 9.17) is 4.98 Å². The highest BCUT2D eigenvalue weighted by molar-refractivity contribution is 5.62. The Morgan fingerprint density at radius 1 is 1.00 bits per heavy atom. The quantitative estimate of drug-likeness (QED) is 0.633. The Kier molecular flexibility index (Phi) is 4.94. The first kappa shape index (κ1) is 19.3. The van der Waals surface area contributed by atoms with Gasteiger partial charge in [-0.2, -0.15) is 4.98 Å². The van der Waals surface area contributed by atoms with Gasteiger partial charge in [-0.15, -0.1) is 0 Å². The Hall–Kier alpha value is -3.02. The number of fused-ring (bicyclic) bond motifs is 1. The van der Waals surface area contributed by atoms with Crippen LogP contribution in [0.15, 0.2) is 36.4 Å². The van der Waals surface area contributed by atoms with Crippen LogP contribution in [0.3, 0.4) is 0 Å². The SMILES string of the molecule is Cc1cc(F)ccc1Nc1nc(C)c(C)c(N2CCc3ccc(F)cc3C2C)n1. The Morgan fingerprint density at radius 3 is 2.48 bits per heavy atom. The van der Waals surface area contributed by atoms with Gasteiger partial charge in [0.1, 0.15) is 17.5 Å². The molecule has 0 spiro atoms. The van der Waals surface area contributed by atoms with E-state index in [0.717, 1.165) is 46.9 Å². The molecule has 0 fully saturated rings. The molecule has 1 aromatic heterocycles. The summed E-state index contributed by atoms with van der Waals surface area (Å²) in [6.45, 7) is 8.67. The molecule has 1 aliphatic rings. The van der Waals surface area contributed by atoms with E-state index in [9.17, 15) is 8.78 Å². The normalized spacial score (nSPS) is 15.9. The van der Waals surface area contributed by atoms with Gasteiger partial charge in [0.05, 0.1) is 6.04 Å². The van der Waals surface area contributed by atoms with Crippen LogP contribution in [0, 0.1) is 32.4 Å². The van der Waals surface area contributed by atoms with E-state index in [0.29, 0.717) is 5.95 Å². The molecule has 1 atom stereocenters. The number of benzene rings is 2. The molecule has 0 saturated carbocycles. The van der Waals surface area contributed by atoms with Gasteiger partial charge in [-0.05, 0) is 81.1 Å². The highest BCUT2D eigenvalue weighted by atomic mass is 19.1. The molecule has 1 unspecified atom stereocenters. The summed E-state index contributed by atoms with van der Waals surface area (Å²) in [6, 6.07) is 9.60. The zero-order chi connectivity index (χ0) is 20.7. The van der Waals surface area contributed by atoms with Crippen molar-refractivity contribution in [1.29, 1.82) is 0 Å². The molecular formula is C23H24F2N4. The van der Waals surface area contributed by atoms with Gasteiger partial charge in [-0.25, -0.2) is 13.8 Å². The van der Waals surface area contributed by atoms with Crippen LogP contribution >= 0.6 is 0 Å². The molecule has 0 radical (unpaired) electrons. The van der Waals surface area contributed by atoms with Gasteiger partial charge in [0.25, 0.3) is 0 Å². The van der Waals surface area contributed by atoms with E-state index in [1.165, 1.54) is 23.8 Å². The van der Waals surface area contributed by atoms with E-state index >= 15 is 0 Å². The lowest BCUT2D eigenvalue weighted by atomic mass is 9.93. The highest BCUT2D eigenvalue weighted by Crippen LogP contribution is 2.35. The Labute approximate surface area is 169 Å². The summed E-state index contributed by atoms with van der Waals surface area (Å²) >= 11 is 0. The van der Waals surface area contributed by atoms with Crippen molar-refractivity contribution in [3.05, 3.63) is 76.0 Å². The van der Waals surface area contributed by atoms with Crippen LogP contribution in [0.2, 0.25) is 0 Å². The van der Waals surface area contributed by atoms with Crippen LogP contribution in [0.1, 0.15) is 40.9 Å². The first-order valence-electron chi connectivity index (χ1n) is 9.77. The smallest absolute Gasteiger partial charge is 0.229 e. The van der Waals surface area contributed by atoms with Crippen molar-refractivity contribution in [2.45, 2.75) is 40.2 Å². The minimum absolute atomic E-state index is 0.00265. The number of nitrogens with one attached hydrogen (secondary N) is 1. The standard InChI is InChI=1S/C23H24F2N4/c1-13-11-18(24)7-8-21(13)27-23-26-15(3)14(2)22(28-23)29-10-9-17-5-6-19(25)12-20(17)16(29)4/h5-8,11-12,16H,9-10H2,1-4H3,(H,26,27,28). The second-order valence-electron chi connectivity index (χ2n) is 7.63. The fraction of sp³-hybridized carbons (Fsp3) is 0.304. The van der Waals surface area contributed by atoms with Crippen LogP contribution in [-0.2, 0) is 6.42 Å². The Balaban J connectivity index is 1.71. The molecule has 150 valence electrons. The van der Waals surface area contributed by atoms with Crippen LogP contribution in [0.25, 0.3) is 0 Å². The minimum atomic E-state index is -0.275. The lowest BCUT2D eigenvalue weighted by molar-refractivity contribution is 0.589. The van der Waals surface area contributed by atoms with E-state index < -0.39 is 0 Å². The summed E-state index contributed by atoms with van der Waals surface area (Å²) < 4.78 is 27.2. The first-order chi connectivity index (χ1) is 13.8. The largest absolute Gasteiger partial charge is 0.349 e. The minimum Gasteiger partial charge on any atom is -0.349 e. The lowest BCUT2D eigenvalue weighted by Gasteiger charge is -2.37. The Bertz CT molecular complexity index is 1080. The van der Waals surface area contributed by atoms with Crippen molar-refractivity contribution in [2.75, 3.05) is 16.8 Å². The summed E-state index contributed by atoms with van der Waals surface area (Å²) in [5.41, 5.74) is 5.59. The van der Waals surface area contributed by atoms with Gasteiger partial charge in [0.15, 0.2) is 0 Å². The van der Waals surface area contributed by atoms with E-state index in [-0.39, 0.29) is 17.7 Å². The zero-order valence-corrected chi connectivity index (χ0v) is 17.1. The van der Waals surface area contributed by atoms with Gasteiger partial charge in [0.2, 0.25) is 5.95 Å². The lowest BCUT2D eigenvalue weighted by Crippen LogP contribution is -2.35. The second-order valence-corrected chi connectivity index (χ2v) is 7.63. The van der Waals surface area contributed by atoms with Crippen LogP contribution in [0.4, 0.5) is 26.2 Å². The molecule has 4 rings (SSSR count). The number of halogens is 2. The van der Waals surface area contributed by atoms with E-state index in [1.54, 1.807) is 12.1 Å². The predicted molar refractivity (Wildman–Crippen MR) is 112 cm³/mol. The van der Waals surface area contributed by atoms with E-state index in [2.05, 4.69) is 22.1 Å². The topological polar surface area (TPSA) is 41.1 Å². The van der Waals surface area contributed by atoms with Gasteiger partial charge in [-0.3, -0.25) is 0 Å². The van der Waals surface area contributed by atoms with Crippen molar-refractivity contribution < 1.29 is 8.78 Å². The summed E-state index contributed by atoms with van der Waals surface area (Å²) in [6.07, 6.45) is 0.836. The zero-order valence-electron chi connectivity index (χ0n) is 17.1. The Morgan fingerprint density at radius 2 is 1.72 bits per heavy atom. The third-order valence-corrected chi connectivity index (χ3v) is 5.72.